The smallest absolute Gasteiger partial charge is 0.759 e. The van der Waals surface area contributed by atoms with E-state index in [0.717, 1.165) is 0 Å². The van der Waals surface area contributed by atoms with E-state index in [0.29, 0.717) is 0 Å². The van der Waals surface area contributed by atoms with E-state index < -0.39 is 16.6 Å². The minimum absolute atomic E-state index is 0. The van der Waals surface area contributed by atoms with Gasteiger partial charge in [0, 0.05) is 10.4 Å². The predicted molar refractivity (Wildman–Crippen MR) is 24.7 cm³/mol. The van der Waals surface area contributed by atoms with E-state index in [2.05, 4.69) is 0 Å². The van der Waals surface area contributed by atoms with Crippen LogP contribution in [0.15, 0.2) is 0 Å². The van der Waals surface area contributed by atoms with Crippen LogP contribution in [0.25, 0.3) is 0 Å². The summed E-state index contributed by atoms with van der Waals surface area (Å²) in [4.78, 5) is 8.56. The minimum Gasteiger partial charge on any atom is -0.759 e. The molecule has 11 heteroatoms. The van der Waals surface area contributed by atoms with Gasteiger partial charge in [-0.05, 0) is 0 Å². The molecule has 0 fully saturated rings. The van der Waals surface area contributed by atoms with Crippen LogP contribution in [-0.2, 0) is 10.4 Å². The Labute approximate surface area is 112 Å². The van der Waals surface area contributed by atoms with Crippen molar-refractivity contribution in [2.75, 3.05) is 0 Å². The van der Waals surface area contributed by atoms with Gasteiger partial charge in [0.25, 0.3) is 0 Å². The maximum Gasteiger partial charge on any atom is 1.00 e. The Hall–Kier alpha value is 1.10. The molecule has 0 aromatic heterocycles. The maximum absolute atomic E-state index is 8.56. The molecule has 0 bridgehead atoms. The SMILES string of the molecule is O.O=C(O)O.O=S(=O)([O-])[O-].[Na+].[Na+]. The largest absolute Gasteiger partial charge is 1.00 e. The molecule has 0 radical (unpaired) electrons. The summed E-state index contributed by atoms with van der Waals surface area (Å²) in [5.74, 6) is 0. The molecule has 0 rings (SSSR count). The molecule has 0 aromatic rings. The third kappa shape index (κ3) is 936. The molecule has 8 nitrogen and oxygen atoms in total. The number of hydrogen-bond donors (Lipinski definition) is 2. The topological polar surface area (TPSA) is 169 Å². The molecule has 0 aromatic carbocycles. The fourth-order valence-corrected chi connectivity index (χ4v) is 0. The van der Waals surface area contributed by atoms with E-state index in [9.17, 15) is 0 Å². The first-order valence-electron chi connectivity index (χ1n) is 1.32. The van der Waals surface area contributed by atoms with E-state index in [1.54, 1.807) is 0 Å². The van der Waals surface area contributed by atoms with Gasteiger partial charge in [-0.1, -0.05) is 0 Å². The first kappa shape index (κ1) is 29.2. The Balaban J connectivity index is -0.0000000221. The van der Waals surface area contributed by atoms with Gasteiger partial charge in [0.05, 0.1) is 0 Å². The van der Waals surface area contributed by atoms with Crippen molar-refractivity contribution >= 4 is 16.6 Å². The number of carboxylic acid groups (broad SMARTS) is 2. The van der Waals surface area contributed by atoms with Gasteiger partial charge in [0.1, 0.15) is 0 Å². The molecule has 0 spiro atoms. The van der Waals surface area contributed by atoms with Crippen LogP contribution in [0.5, 0.6) is 0 Å². The second kappa shape index (κ2) is 14.6. The third-order valence-corrected chi connectivity index (χ3v) is 0. The maximum atomic E-state index is 8.56. The summed E-state index contributed by atoms with van der Waals surface area (Å²) < 4.78 is 34.1. The molecule has 64 valence electrons. The summed E-state index contributed by atoms with van der Waals surface area (Å²) in [6.45, 7) is 0. The van der Waals surface area contributed by atoms with Crippen molar-refractivity contribution in [3.8, 4) is 0 Å². The normalized spacial score (nSPS) is 6.83. The minimum atomic E-state index is -5.17. The van der Waals surface area contributed by atoms with Gasteiger partial charge >= 0.3 is 65.3 Å². The van der Waals surface area contributed by atoms with Crippen LogP contribution in [0.3, 0.4) is 0 Å². The second-order valence-electron chi connectivity index (χ2n) is 0.691. The van der Waals surface area contributed by atoms with Gasteiger partial charge in [-0.15, -0.1) is 0 Å². The molecule has 0 saturated heterocycles. The van der Waals surface area contributed by atoms with Crippen molar-refractivity contribution in [3.05, 3.63) is 0 Å². The molecule has 0 amide bonds. The van der Waals surface area contributed by atoms with Crippen LogP contribution in [-0.4, -0.2) is 39.4 Å². The van der Waals surface area contributed by atoms with Gasteiger partial charge in [-0.2, -0.15) is 0 Å². The zero-order valence-corrected chi connectivity index (χ0v) is 11.2. The van der Waals surface area contributed by atoms with Crippen molar-refractivity contribution in [3.63, 3.8) is 0 Å². The Morgan fingerprint density at radius 3 is 1.08 bits per heavy atom. The monoisotopic (exact) mass is 222 g/mol. The fourth-order valence-electron chi connectivity index (χ4n) is 0. The van der Waals surface area contributed by atoms with Crippen molar-refractivity contribution in [1.82, 2.24) is 0 Å². The predicted octanol–water partition coefficient (Wildman–Crippen LogP) is -7.93. The first-order chi connectivity index (χ1) is 3.73. The van der Waals surface area contributed by atoms with Crippen molar-refractivity contribution in [1.29, 1.82) is 0 Å². The number of hydrogen-bond acceptors (Lipinski definition) is 5. The summed E-state index contributed by atoms with van der Waals surface area (Å²) in [6, 6.07) is 0. The van der Waals surface area contributed by atoms with Gasteiger partial charge in [-0.25, -0.2) is 4.79 Å². The number of carbonyl (C=O) groups is 1. The molecule has 0 heterocycles. The van der Waals surface area contributed by atoms with Crippen molar-refractivity contribution in [2.45, 2.75) is 0 Å². The van der Waals surface area contributed by atoms with Crippen LogP contribution in [0.2, 0.25) is 0 Å². The summed E-state index contributed by atoms with van der Waals surface area (Å²) in [5, 5.41) is 13.9. The molecule has 0 aliphatic carbocycles. The Morgan fingerprint density at radius 2 is 1.08 bits per heavy atom. The molecule has 0 aliphatic rings. The van der Waals surface area contributed by atoms with Crippen LogP contribution < -0.4 is 59.1 Å². The van der Waals surface area contributed by atoms with E-state index >= 15 is 0 Å². The van der Waals surface area contributed by atoms with Gasteiger partial charge in [0.15, 0.2) is 0 Å². The Morgan fingerprint density at radius 1 is 1.08 bits per heavy atom. The number of rotatable bonds is 0. The van der Waals surface area contributed by atoms with E-state index in [1.165, 1.54) is 0 Å². The quantitative estimate of drug-likeness (QED) is 0.233. The molecule has 0 unspecified atom stereocenters. The summed E-state index contributed by atoms with van der Waals surface area (Å²) in [5.41, 5.74) is 0. The van der Waals surface area contributed by atoms with E-state index in [4.69, 9.17) is 32.5 Å². The average molecular weight is 222 g/mol. The van der Waals surface area contributed by atoms with Crippen LogP contribution in [0, 0.1) is 0 Å². The summed E-state index contributed by atoms with van der Waals surface area (Å²) in [6.07, 6.45) is -1.83. The molecule has 0 saturated carbocycles. The Kier molecular flexibility index (Phi) is 35.6. The van der Waals surface area contributed by atoms with Gasteiger partial charge in [-0.3, -0.25) is 8.42 Å². The summed E-state index contributed by atoms with van der Waals surface area (Å²) >= 11 is 0. The molecular weight excluding hydrogens is 218 g/mol. The van der Waals surface area contributed by atoms with E-state index in [-0.39, 0.29) is 64.6 Å². The van der Waals surface area contributed by atoms with Gasteiger partial charge < -0.3 is 24.8 Å². The van der Waals surface area contributed by atoms with Gasteiger partial charge in [0.2, 0.25) is 0 Å². The first-order valence-corrected chi connectivity index (χ1v) is 2.65. The Bertz CT molecular complexity index is 159. The summed E-state index contributed by atoms with van der Waals surface area (Å²) in [7, 11) is -5.17. The average Bonchev–Trinajstić information content (AvgIpc) is 1.19. The zero-order valence-electron chi connectivity index (χ0n) is 6.34. The zero-order chi connectivity index (χ0) is 8.08. The van der Waals surface area contributed by atoms with Crippen LogP contribution in [0.1, 0.15) is 0 Å². The standard InChI is InChI=1S/CH2O3.2Na.H2O4S.H2O/c2-1(3)4;;;1-5(2,3)4;/h(H2,2,3,4);;;(H2,1,2,3,4);1H2/q;2*+1;;/p-2. The second-order valence-corrected chi connectivity index (χ2v) is 1.51. The van der Waals surface area contributed by atoms with Crippen molar-refractivity contribution < 1.29 is 97.1 Å². The molecule has 4 N–H and O–H groups in total. The molecule has 0 atom stereocenters. The van der Waals surface area contributed by atoms with E-state index in [1.807, 2.05) is 0 Å². The van der Waals surface area contributed by atoms with Crippen LogP contribution >= 0.6 is 0 Å². The molecule has 0 aliphatic heterocycles. The third-order valence-electron chi connectivity index (χ3n) is 0. The fraction of sp³-hybridized carbons (Fsp3) is 0. The van der Waals surface area contributed by atoms with Crippen LogP contribution in [0.4, 0.5) is 4.79 Å². The molecule has 12 heavy (non-hydrogen) atoms. The molecular formula is CH4Na2O8S. The van der Waals surface area contributed by atoms with Crippen molar-refractivity contribution in [2.24, 2.45) is 0 Å².